The van der Waals surface area contributed by atoms with Gasteiger partial charge in [-0.15, -0.1) is 0 Å². The van der Waals surface area contributed by atoms with E-state index in [0.29, 0.717) is 6.54 Å². The Morgan fingerprint density at radius 1 is 1.22 bits per heavy atom. The van der Waals surface area contributed by atoms with Gasteiger partial charge in [-0.2, -0.15) is 0 Å². The van der Waals surface area contributed by atoms with Crippen LogP contribution in [0.1, 0.15) is 46.1 Å². The average molecular weight is 314 g/mol. The molecule has 2 aromatic rings. The molecular weight excluding hydrogens is 296 g/mol. The first kappa shape index (κ1) is 15.1. The molecular formula is C17H18N2O4. The highest BCUT2D eigenvalue weighted by Crippen LogP contribution is 2.30. The van der Waals surface area contributed by atoms with Gasteiger partial charge in [0, 0.05) is 18.5 Å². The molecule has 0 radical (unpaired) electrons. The predicted molar refractivity (Wildman–Crippen MR) is 83.2 cm³/mol. The van der Waals surface area contributed by atoms with Gasteiger partial charge in [0.1, 0.15) is 5.76 Å². The molecule has 6 heteroatoms. The monoisotopic (exact) mass is 314 g/mol. The zero-order chi connectivity index (χ0) is 16.2. The molecule has 2 amide bonds. The quantitative estimate of drug-likeness (QED) is 0.809. The second-order valence-corrected chi connectivity index (χ2v) is 5.57. The van der Waals surface area contributed by atoms with E-state index in [1.54, 1.807) is 18.4 Å². The Kier molecular flexibility index (Phi) is 4.32. The summed E-state index contributed by atoms with van der Waals surface area (Å²) in [6.45, 7) is 0.344. The summed E-state index contributed by atoms with van der Waals surface area (Å²) >= 11 is 0. The van der Waals surface area contributed by atoms with Crippen LogP contribution in [0.5, 0.6) is 0 Å². The summed E-state index contributed by atoms with van der Waals surface area (Å²) in [6, 6.07) is 8.08. The number of urea groups is 1. The lowest BCUT2D eigenvalue weighted by atomic mass is 9.93. The maximum atomic E-state index is 12.0. The molecule has 1 unspecified atom stereocenters. The van der Waals surface area contributed by atoms with Crippen molar-refractivity contribution in [3.8, 4) is 0 Å². The lowest BCUT2D eigenvalue weighted by Crippen LogP contribution is -2.38. The van der Waals surface area contributed by atoms with E-state index in [1.165, 1.54) is 12.1 Å². The van der Waals surface area contributed by atoms with Crippen LogP contribution in [0, 0.1) is 0 Å². The van der Waals surface area contributed by atoms with Crippen molar-refractivity contribution < 1.29 is 19.1 Å². The third-order valence-corrected chi connectivity index (χ3v) is 4.01. The minimum absolute atomic E-state index is 0.0214. The highest BCUT2D eigenvalue weighted by Gasteiger charge is 2.23. The Morgan fingerprint density at radius 3 is 2.74 bits per heavy atom. The topological polar surface area (TPSA) is 91.6 Å². The smallest absolute Gasteiger partial charge is 0.335 e. The highest BCUT2D eigenvalue weighted by atomic mass is 16.4. The minimum Gasteiger partial charge on any atom is -0.478 e. The SMILES string of the molecule is O=C(NCc1ccc(C(=O)O)cc1)NC1CCCc2occc21. The van der Waals surface area contributed by atoms with Crippen molar-refractivity contribution in [2.75, 3.05) is 0 Å². The van der Waals surface area contributed by atoms with Crippen LogP contribution in [0.4, 0.5) is 4.79 Å². The van der Waals surface area contributed by atoms with E-state index in [9.17, 15) is 9.59 Å². The normalized spacial score (nSPS) is 16.4. The number of hydrogen-bond donors (Lipinski definition) is 3. The number of hydrogen-bond acceptors (Lipinski definition) is 3. The Morgan fingerprint density at radius 2 is 2.00 bits per heavy atom. The van der Waals surface area contributed by atoms with Crippen LogP contribution >= 0.6 is 0 Å². The van der Waals surface area contributed by atoms with E-state index >= 15 is 0 Å². The van der Waals surface area contributed by atoms with Crippen LogP contribution in [-0.4, -0.2) is 17.1 Å². The molecule has 1 heterocycles. The third kappa shape index (κ3) is 3.53. The van der Waals surface area contributed by atoms with E-state index in [-0.39, 0.29) is 17.6 Å². The first-order chi connectivity index (χ1) is 11.1. The van der Waals surface area contributed by atoms with Crippen molar-refractivity contribution in [3.05, 3.63) is 59.0 Å². The van der Waals surface area contributed by atoms with Crippen molar-refractivity contribution in [1.29, 1.82) is 0 Å². The number of carboxylic acid groups (broad SMARTS) is 1. The third-order valence-electron chi connectivity index (χ3n) is 4.01. The summed E-state index contributed by atoms with van der Waals surface area (Å²) in [5.41, 5.74) is 2.13. The summed E-state index contributed by atoms with van der Waals surface area (Å²) in [5.74, 6) is -0.0127. The molecule has 1 aromatic carbocycles. The maximum Gasteiger partial charge on any atom is 0.335 e. The Balaban J connectivity index is 1.53. The second kappa shape index (κ2) is 6.56. The van der Waals surface area contributed by atoms with Crippen LogP contribution in [0.2, 0.25) is 0 Å². The van der Waals surface area contributed by atoms with Crippen LogP contribution in [0.15, 0.2) is 41.0 Å². The number of fused-ring (bicyclic) bond motifs is 1. The van der Waals surface area contributed by atoms with Crippen LogP contribution in [0.3, 0.4) is 0 Å². The maximum absolute atomic E-state index is 12.0. The Hall–Kier alpha value is -2.76. The van der Waals surface area contributed by atoms with Gasteiger partial charge in [0.05, 0.1) is 17.9 Å². The van der Waals surface area contributed by atoms with Crippen LogP contribution in [0.25, 0.3) is 0 Å². The number of rotatable bonds is 4. The molecule has 6 nitrogen and oxygen atoms in total. The molecule has 3 rings (SSSR count). The van der Waals surface area contributed by atoms with Gasteiger partial charge in [-0.25, -0.2) is 9.59 Å². The van der Waals surface area contributed by atoms with E-state index < -0.39 is 5.97 Å². The predicted octanol–water partition coefficient (Wildman–Crippen LogP) is 2.85. The number of benzene rings is 1. The summed E-state index contributed by atoms with van der Waals surface area (Å²) in [7, 11) is 0. The second-order valence-electron chi connectivity index (χ2n) is 5.57. The van der Waals surface area contributed by atoms with Gasteiger partial charge in [0.15, 0.2) is 0 Å². The first-order valence-electron chi connectivity index (χ1n) is 7.56. The largest absolute Gasteiger partial charge is 0.478 e. The first-order valence-corrected chi connectivity index (χ1v) is 7.56. The van der Waals surface area contributed by atoms with E-state index in [2.05, 4.69) is 10.6 Å². The molecule has 0 saturated heterocycles. The number of carboxylic acids is 1. The fraction of sp³-hybridized carbons (Fsp3) is 0.294. The molecule has 120 valence electrons. The number of amides is 2. The van der Waals surface area contributed by atoms with Crippen molar-refractivity contribution in [3.63, 3.8) is 0 Å². The van der Waals surface area contributed by atoms with E-state index in [1.807, 2.05) is 6.07 Å². The Bertz CT molecular complexity index is 706. The summed E-state index contributed by atoms with van der Waals surface area (Å²) in [5, 5.41) is 14.6. The molecule has 23 heavy (non-hydrogen) atoms. The van der Waals surface area contributed by atoms with Gasteiger partial charge in [-0.1, -0.05) is 12.1 Å². The van der Waals surface area contributed by atoms with Gasteiger partial charge in [-0.05, 0) is 36.6 Å². The summed E-state index contributed by atoms with van der Waals surface area (Å²) in [6.07, 6.45) is 4.46. The van der Waals surface area contributed by atoms with Crippen LogP contribution in [-0.2, 0) is 13.0 Å². The lowest BCUT2D eigenvalue weighted by Gasteiger charge is -2.22. The van der Waals surface area contributed by atoms with E-state index in [0.717, 1.165) is 36.1 Å². The number of aromatic carboxylic acids is 1. The molecule has 0 saturated carbocycles. The molecule has 3 N–H and O–H groups in total. The zero-order valence-electron chi connectivity index (χ0n) is 12.5. The van der Waals surface area contributed by atoms with Gasteiger partial charge in [-0.3, -0.25) is 0 Å². The number of carbonyl (C=O) groups excluding carboxylic acids is 1. The molecule has 1 aliphatic rings. The fourth-order valence-corrected chi connectivity index (χ4v) is 2.79. The Labute approximate surface area is 133 Å². The molecule has 0 bridgehead atoms. The molecule has 0 aliphatic heterocycles. The van der Waals surface area contributed by atoms with Crippen LogP contribution < -0.4 is 10.6 Å². The summed E-state index contributed by atoms with van der Waals surface area (Å²) in [4.78, 5) is 22.8. The number of furan rings is 1. The molecule has 1 aliphatic carbocycles. The highest BCUT2D eigenvalue weighted by molar-refractivity contribution is 5.87. The van der Waals surface area contributed by atoms with Crippen molar-refractivity contribution in [2.45, 2.75) is 31.8 Å². The number of aryl methyl sites for hydroxylation is 1. The van der Waals surface area contributed by atoms with E-state index in [4.69, 9.17) is 9.52 Å². The fourth-order valence-electron chi connectivity index (χ4n) is 2.79. The van der Waals surface area contributed by atoms with Crippen molar-refractivity contribution >= 4 is 12.0 Å². The standard InChI is InChI=1S/C17H18N2O4/c20-16(21)12-6-4-11(5-7-12)10-18-17(22)19-14-2-1-3-15-13(14)8-9-23-15/h4-9,14H,1-3,10H2,(H,20,21)(H2,18,19,22). The molecule has 0 fully saturated rings. The van der Waals surface area contributed by atoms with Gasteiger partial charge < -0.3 is 20.2 Å². The number of nitrogens with one attached hydrogen (secondary N) is 2. The zero-order valence-corrected chi connectivity index (χ0v) is 12.5. The molecule has 0 spiro atoms. The number of carbonyl (C=O) groups is 2. The summed E-state index contributed by atoms with van der Waals surface area (Å²) < 4.78 is 5.41. The van der Waals surface area contributed by atoms with Crippen molar-refractivity contribution in [1.82, 2.24) is 10.6 Å². The molecule has 1 atom stereocenters. The lowest BCUT2D eigenvalue weighted by molar-refractivity contribution is 0.0697. The minimum atomic E-state index is -0.963. The average Bonchev–Trinajstić information content (AvgIpc) is 3.03. The molecule has 1 aromatic heterocycles. The van der Waals surface area contributed by atoms with Gasteiger partial charge in [0.25, 0.3) is 0 Å². The van der Waals surface area contributed by atoms with Crippen molar-refractivity contribution in [2.24, 2.45) is 0 Å². The van der Waals surface area contributed by atoms with Gasteiger partial charge in [0.2, 0.25) is 0 Å². The van der Waals surface area contributed by atoms with Gasteiger partial charge >= 0.3 is 12.0 Å².